The Balaban J connectivity index is 2.00. The van der Waals surface area contributed by atoms with E-state index in [4.69, 9.17) is 21.9 Å². The van der Waals surface area contributed by atoms with Crippen LogP contribution in [0.5, 0.6) is 0 Å². The molecule has 2 aromatic heterocycles. The van der Waals surface area contributed by atoms with E-state index in [-0.39, 0.29) is 0 Å². The molecule has 0 spiro atoms. The number of hydrogen-bond acceptors (Lipinski definition) is 5. The minimum Gasteiger partial charge on any atom is -0.399 e. The Kier molecular flexibility index (Phi) is 3.00. The number of anilines is 1. The summed E-state index contributed by atoms with van der Waals surface area (Å²) in [5, 5.41) is 6.59. The summed E-state index contributed by atoms with van der Waals surface area (Å²) < 4.78 is 5.26. The van der Waals surface area contributed by atoms with Gasteiger partial charge in [0, 0.05) is 11.3 Å². The number of nitrogen functional groups attached to an aromatic ring is 1. The Morgan fingerprint density at radius 2 is 2.00 bits per heavy atom. The van der Waals surface area contributed by atoms with Crippen LogP contribution in [0.1, 0.15) is 5.56 Å². The zero-order valence-corrected chi connectivity index (χ0v) is 11.6. The maximum absolute atomic E-state index is 6.19. The number of nitrogens with zero attached hydrogens (tertiary/aromatic N) is 2. The summed E-state index contributed by atoms with van der Waals surface area (Å²) in [6, 6.07) is 7.30. The molecule has 0 unspecified atom stereocenters. The SMILES string of the molecule is Cc1csc(-c2nc(-c3ccc(N)cc3)no2)c1Cl. The zero-order chi connectivity index (χ0) is 13.4. The Hall–Kier alpha value is -1.85. The van der Waals surface area contributed by atoms with Gasteiger partial charge in [0.05, 0.1) is 5.02 Å². The summed E-state index contributed by atoms with van der Waals surface area (Å²) >= 11 is 7.68. The van der Waals surface area contributed by atoms with Crippen molar-refractivity contribution in [2.45, 2.75) is 6.92 Å². The van der Waals surface area contributed by atoms with Crippen LogP contribution in [0.2, 0.25) is 5.02 Å². The molecule has 0 aliphatic heterocycles. The van der Waals surface area contributed by atoms with Crippen LogP contribution < -0.4 is 5.73 Å². The van der Waals surface area contributed by atoms with Gasteiger partial charge in [-0.1, -0.05) is 16.8 Å². The van der Waals surface area contributed by atoms with Gasteiger partial charge in [0.2, 0.25) is 5.82 Å². The van der Waals surface area contributed by atoms with Crippen LogP contribution in [0.15, 0.2) is 34.2 Å². The minimum atomic E-state index is 0.440. The van der Waals surface area contributed by atoms with Gasteiger partial charge >= 0.3 is 0 Å². The van der Waals surface area contributed by atoms with E-state index in [9.17, 15) is 0 Å². The van der Waals surface area contributed by atoms with Gasteiger partial charge in [0.25, 0.3) is 5.89 Å². The average molecular weight is 292 g/mol. The van der Waals surface area contributed by atoms with Crippen LogP contribution in [0.4, 0.5) is 5.69 Å². The van der Waals surface area contributed by atoms with E-state index in [1.54, 1.807) is 12.1 Å². The first-order valence-electron chi connectivity index (χ1n) is 5.59. The van der Waals surface area contributed by atoms with Crippen molar-refractivity contribution < 1.29 is 4.52 Å². The van der Waals surface area contributed by atoms with Crippen molar-refractivity contribution in [1.29, 1.82) is 0 Å². The standard InChI is InChI=1S/C13H10ClN3OS/c1-7-6-19-11(10(7)14)13-16-12(17-18-13)8-2-4-9(15)5-3-8/h2-6H,15H2,1H3. The molecule has 2 heterocycles. The first kappa shape index (κ1) is 12.2. The number of aryl methyl sites for hydroxylation is 1. The molecule has 0 fully saturated rings. The van der Waals surface area contributed by atoms with Gasteiger partial charge in [0.1, 0.15) is 4.88 Å². The molecule has 3 rings (SSSR count). The fourth-order valence-corrected chi connectivity index (χ4v) is 2.83. The van der Waals surface area contributed by atoms with E-state index >= 15 is 0 Å². The number of aromatic nitrogens is 2. The number of nitrogens with two attached hydrogens (primary N) is 1. The highest BCUT2D eigenvalue weighted by molar-refractivity contribution is 7.14. The molecule has 0 saturated heterocycles. The summed E-state index contributed by atoms with van der Waals surface area (Å²) in [4.78, 5) is 5.16. The fraction of sp³-hybridized carbons (Fsp3) is 0.0769. The molecule has 4 nitrogen and oxygen atoms in total. The maximum Gasteiger partial charge on any atom is 0.269 e. The van der Waals surface area contributed by atoms with Crippen LogP contribution in [0.25, 0.3) is 22.2 Å². The predicted molar refractivity (Wildman–Crippen MR) is 77.2 cm³/mol. The second-order valence-corrected chi connectivity index (χ2v) is 5.36. The minimum absolute atomic E-state index is 0.440. The predicted octanol–water partition coefficient (Wildman–Crippen LogP) is 4.01. The Morgan fingerprint density at radius 3 is 2.63 bits per heavy atom. The first-order chi connectivity index (χ1) is 9.15. The van der Waals surface area contributed by atoms with Crippen molar-refractivity contribution in [3.05, 3.63) is 40.2 Å². The number of rotatable bonds is 2. The lowest BCUT2D eigenvalue weighted by Crippen LogP contribution is -1.85. The van der Waals surface area contributed by atoms with E-state index in [1.165, 1.54) is 11.3 Å². The number of thiophene rings is 1. The second-order valence-electron chi connectivity index (χ2n) is 4.11. The highest BCUT2D eigenvalue weighted by Gasteiger charge is 2.16. The zero-order valence-electron chi connectivity index (χ0n) is 10.1. The van der Waals surface area contributed by atoms with Crippen molar-refractivity contribution in [2.24, 2.45) is 0 Å². The average Bonchev–Trinajstić information content (AvgIpc) is 2.99. The highest BCUT2D eigenvalue weighted by Crippen LogP contribution is 2.36. The summed E-state index contributed by atoms with van der Waals surface area (Å²) in [6.07, 6.45) is 0. The van der Waals surface area contributed by atoms with Gasteiger partial charge in [-0.25, -0.2) is 0 Å². The van der Waals surface area contributed by atoms with Crippen molar-refractivity contribution in [2.75, 3.05) is 5.73 Å². The third-order valence-electron chi connectivity index (χ3n) is 2.69. The van der Waals surface area contributed by atoms with E-state index in [2.05, 4.69) is 10.1 Å². The lowest BCUT2D eigenvalue weighted by molar-refractivity contribution is 0.433. The van der Waals surface area contributed by atoms with Gasteiger partial charge in [-0.2, -0.15) is 4.98 Å². The Morgan fingerprint density at radius 1 is 1.26 bits per heavy atom. The molecule has 0 saturated carbocycles. The smallest absolute Gasteiger partial charge is 0.269 e. The molecular formula is C13H10ClN3OS. The second kappa shape index (κ2) is 4.68. The van der Waals surface area contributed by atoms with E-state index in [1.807, 2.05) is 24.4 Å². The largest absolute Gasteiger partial charge is 0.399 e. The quantitative estimate of drug-likeness (QED) is 0.725. The van der Waals surface area contributed by atoms with Gasteiger partial charge in [-0.05, 0) is 42.1 Å². The molecule has 2 N–H and O–H groups in total. The van der Waals surface area contributed by atoms with Crippen molar-refractivity contribution in [3.8, 4) is 22.2 Å². The molecule has 3 aromatic rings. The maximum atomic E-state index is 6.19. The van der Waals surface area contributed by atoms with Crippen LogP contribution in [-0.2, 0) is 0 Å². The number of benzene rings is 1. The number of hydrogen-bond donors (Lipinski definition) is 1. The summed E-state index contributed by atoms with van der Waals surface area (Å²) in [5.74, 6) is 0.965. The molecule has 0 aliphatic carbocycles. The fourth-order valence-electron chi connectivity index (χ4n) is 1.64. The van der Waals surface area contributed by atoms with Gasteiger partial charge in [-0.3, -0.25) is 0 Å². The summed E-state index contributed by atoms with van der Waals surface area (Å²) in [5.41, 5.74) is 8.21. The van der Waals surface area contributed by atoms with Crippen molar-refractivity contribution >= 4 is 28.6 Å². The Bertz CT molecular complexity index is 718. The van der Waals surface area contributed by atoms with E-state index in [0.717, 1.165) is 16.0 Å². The van der Waals surface area contributed by atoms with E-state index < -0.39 is 0 Å². The van der Waals surface area contributed by atoms with Gasteiger partial charge in [-0.15, -0.1) is 11.3 Å². The lowest BCUT2D eigenvalue weighted by atomic mass is 10.2. The molecule has 0 radical (unpaired) electrons. The highest BCUT2D eigenvalue weighted by atomic mass is 35.5. The van der Waals surface area contributed by atoms with E-state index in [0.29, 0.717) is 22.4 Å². The third-order valence-corrected chi connectivity index (χ3v) is 4.37. The third kappa shape index (κ3) is 2.22. The van der Waals surface area contributed by atoms with Crippen LogP contribution >= 0.6 is 22.9 Å². The molecular weight excluding hydrogens is 282 g/mol. The monoisotopic (exact) mass is 291 g/mol. The van der Waals surface area contributed by atoms with Crippen LogP contribution in [0, 0.1) is 6.92 Å². The van der Waals surface area contributed by atoms with Crippen molar-refractivity contribution in [3.63, 3.8) is 0 Å². The molecule has 0 amide bonds. The topological polar surface area (TPSA) is 64.9 Å². The molecule has 96 valence electrons. The van der Waals surface area contributed by atoms with Gasteiger partial charge < -0.3 is 10.3 Å². The summed E-state index contributed by atoms with van der Waals surface area (Å²) in [6.45, 7) is 1.94. The molecule has 19 heavy (non-hydrogen) atoms. The van der Waals surface area contributed by atoms with Gasteiger partial charge in [0.15, 0.2) is 0 Å². The molecule has 0 bridgehead atoms. The molecule has 6 heteroatoms. The van der Waals surface area contributed by atoms with Crippen LogP contribution in [-0.4, -0.2) is 10.1 Å². The lowest BCUT2D eigenvalue weighted by Gasteiger charge is -1.94. The normalized spacial score (nSPS) is 10.8. The van der Waals surface area contributed by atoms with Crippen molar-refractivity contribution in [1.82, 2.24) is 10.1 Å². The molecule has 1 aromatic carbocycles. The Labute approximate surface area is 118 Å². The number of halogens is 1. The summed E-state index contributed by atoms with van der Waals surface area (Å²) in [7, 11) is 0. The first-order valence-corrected chi connectivity index (χ1v) is 6.84. The molecule has 0 atom stereocenters. The molecule has 0 aliphatic rings. The van der Waals surface area contributed by atoms with Crippen LogP contribution in [0.3, 0.4) is 0 Å².